The van der Waals surface area contributed by atoms with Crippen LogP contribution >= 0.6 is 0 Å². The number of benzene rings is 2. The van der Waals surface area contributed by atoms with Gasteiger partial charge in [0.05, 0.1) is 5.52 Å². The molecular weight excluding hydrogens is 354 g/mol. The Morgan fingerprint density at radius 2 is 1.79 bits per heavy atom. The van der Waals surface area contributed by atoms with Gasteiger partial charge in [-0.25, -0.2) is 4.98 Å². The number of anilines is 4. The normalized spacial score (nSPS) is 13.6. The fourth-order valence-corrected chi connectivity index (χ4v) is 3.15. The summed E-state index contributed by atoms with van der Waals surface area (Å²) in [6.07, 6.45) is 0.738. The third-order valence-corrected chi connectivity index (χ3v) is 4.58. The number of hydrogen-bond acceptors (Lipinski definition) is 6. The van der Waals surface area contributed by atoms with Gasteiger partial charge in [-0.1, -0.05) is 24.3 Å². The Morgan fingerprint density at radius 3 is 2.68 bits per heavy atom. The van der Waals surface area contributed by atoms with Crippen molar-refractivity contribution in [2.75, 3.05) is 17.2 Å². The molecule has 2 aromatic carbocycles. The average molecular weight is 371 g/mol. The molecule has 6 bridgehead atoms. The molecule has 0 unspecified atom stereocenters. The van der Waals surface area contributed by atoms with Crippen LogP contribution in [-0.2, 0) is 6.42 Å². The summed E-state index contributed by atoms with van der Waals surface area (Å²) in [6.45, 7) is 0.542. The topological polar surface area (TPSA) is 108 Å². The third-order valence-electron chi connectivity index (χ3n) is 4.58. The average Bonchev–Trinajstić information content (AvgIpc) is 3.17. The molecule has 0 spiro atoms. The maximum absolute atomic E-state index is 12.3. The number of H-pyrrole nitrogens is 1. The zero-order chi connectivity index (χ0) is 18.9. The van der Waals surface area contributed by atoms with E-state index in [1.165, 1.54) is 0 Å². The van der Waals surface area contributed by atoms with Gasteiger partial charge in [0.25, 0.3) is 5.91 Å². The number of nitrogens with one attached hydrogen (secondary N) is 4. The molecule has 2 aromatic heterocycles. The first kappa shape index (κ1) is 16.2. The van der Waals surface area contributed by atoms with E-state index in [-0.39, 0.29) is 5.91 Å². The van der Waals surface area contributed by atoms with E-state index in [9.17, 15) is 4.79 Å². The van der Waals surface area contributed by atoms with Crippen molar-refractivity contribution in [1.82, 2.24) is 25.5 Å². The quantitative estimate of drug-likeness (QED) is 0.378. The molecule has 4 heterocycles. The van der Waals surface area contributed by atoms with Crippen LogP contribution in [-0.4, -0.2) is 32.6 Å². The van der Waals surface area contributed by atoms with Crippen molar-refractivity contribution in [3.63, 3.8) is 0 Å². The lowest BCUT2D eigenvalue weighted by Gasteiger charge is -2.11. The molecule has 0 saturated heterocycles. The van der Waals surface area contributed by atoms with E-state index in [0.717, 1.165) is 28.6 Å². The highest BCUT2D eigenvalue weighted by molar-refractivity contribution is 5.94. The van der Waals surface area contributed by atoms with Crippen LogP contribution in [0.1, 0.15) is 16.1 Å². The van der Waals surface area contributed by atoms with Crippen LogP contribution in [0.5, 0.6) is 0 Å². The predicted octanol–water partition coefficient (Wildman–Crippen LogP) is 3.13. The van der Waals surface area contributed by atoms with Crippen LogP contribution in [0, 0.1) is 0 Å². The van der Waals surface area contributed by atoms with Crippen molar-refractivity contribution in [2.45, 2.75) is 6.42 Å². The van der Waals surface area contributed by atoms with Crippen molar-refractivity contribution in [3.8, 4) is 0 Å². The van der Waals surface area contributed by atoms with Crippen molar-refractivity contribution in [2.24, 2.45) is 0 Å². The SMILES string of the molecule is O=C1NCCc2ccc(cc2)Nc2nc(c3ccccc3n2)Nc2cc1[nH]n2. The Kier molecular flexibility index (Phi) is 3.86. The van der Waals surface area contributed by atoms with E-state index in [1.807, 2.05) is 48.5 Å². The van der Waals surface area contributed by atoms with Gasteiger partial charge in [0.2, 0.25) is 5.95 Å². The van der Waals surface area contributed by atoms with Gasteiger partial charge in [0.1, 0.15) is 11.5 Å². The Morgan fingerprint density at radius 1 is 0.929 bits per heavy atom. The van der Waals surface area contributed by atoms with Crippen LogP contribution in [0.15, 0.2) is 54.6 Å². The molecule has 4 N–H and O–H groups in total. The largest absolute Gasteiger partial charge is 0.350 e. The Balaban J connectivity index is 1.63. The molecule has 2 aliphatic rings. The molecule has 8 heteroatoms. The molecule has 2 aliphatic heterocycles. The fraction of sp³-hybridized carbons (Fsp3) is 0.100. The number of hydrogen-bond donors (Lipinski definition) is 4. The summed E-state index contributed by atoms with van der Waals surface area (Å²) in [5.74, 6) is 1.40. The van der Waals surface area contributed by atoms with Crippen LogP contribution in [0.25, 0.3) is 10.9 Å². The van der Waals surface area contributed by atoms with E-state index in [4.69, 9.17) is 0 Å². The molecular formula is C20H17N7O. The van der Waals surface area contributed by atoms with Crippen molar-refractivity contribution in [3.05, 3.63) is 65.9 Å². The first-order valence-corrected chi connectivity index (χ1v) is 8.98. The molecule has 0 atom stereocenters. The number of aromatic amines is 1. The lowest BCUT2D eigenvalue weighted by atomic mass is 10.1. The van der Waals surface area contributed by atoms with Gasteiger partial charge in [0.15, 0.2) is 5.82 Å². The van der Waals surface area contributed by atoms with Gasteiger partial charge in [-0.15, -0.1) is 0 Å². The summed E-state index contributed by atoms with van der Waals surface area (Å²) in [7, 11) is 0. The highest BCUT2D eigenvalue weighted by Gasteiger charge is 2.13. The number of rotatable bonds is 0. The maximum atomic E-state index is 12.3. The number of amides is 1. The van der Waals surface area contributed by atoms with Crippen LogP contribution in [0.4, 0.5) is 23.3 Å². The zero-order valence-electron chi connectivity index (χ0n) is 14.9. The van der Waals surface area contributed by atoms with Gasteiger partial charge >= 0.3 is 0 Å². The highest BCUT2D eigenvalue weighted by Crippen LogP contribution is 2.26. The summed E-state index contributed by atoms with van der Waals surface area (Å²) in [4.78, 5) is 21.6. The standard InChI is InChI=1S/C20H17N7O/c28-19-16-11-17(27-26-16)24-18-14-3-1-2-4-15(14)23-20(25-18)22-13-7-5-12(6-8-13)9-10-21-19/h1-8,11H,9-10H2,(H,21,28)(H3,22,23,24,25,26,27). The number of nitrogens with zero attached hydrogens (tertiary/aromatic N) is 3. The monoisotopic (exact) mass is 371 g/mol. The van der Waals surface area contributed by atoms with E-state index in [0.29, 0.717) is 29.8 Å². The van der Waals surface area contributed by atoms with Crippen molar-refractivity contribution < 1.29 is 4.79 Å². The number of aromatic nitrogens is 4. The number of para-hydroxylation sites is 1. The minimum absolute atomic E-state index is 0.195. The summed E-state index contributed by atoms with van der Waals surface area (Å²) in [5.41, 5.74) is 3.21. The summed E-state index contributed by atoms with van der Waals surface area (Å²) < 4.78 is 0. The Bertz CT molecular complexity index is 1170. The van der Waals surface area contributed by atoms with E-state index >= 15 is 0 Å². The second-order valence-corrected chi connectivity index (χ2v) is 6.53. The number of carbonyl (C=O) groups is 1. The van der Waals surface area contributed by atoms with E-state index in [2.05, 4.69) is 36.1 Å². The van der Waals surface area contributed by atoms with Crippen LogP contribution < -0.4 is 16.0 Å². The molecule has 1 amide bonds. The zero-order valence-corrected chi connectivity index (χ0v) is 14.9. The lowest BCUT2D eigenvalue weighted by molar-refractivity contribution is 0.0949. The molecule has 0 fully saturated rings. The fourth-order valence-electron chi connectivity index (χ4n) is 3.15. The molecule has 6 rings (SSSR count). The van der Waals surface area contributed by atoms with Gasteiger partial charge in [0, 0.05) is 23.7 Å². The Labute approximate surface area is 160 Å². The van der Waals surface area contributed by atoms with Crippen LogP contribution in [0.2, 0.25) is 0 Å². The molecule has 0 radical (unpaired) electrons. The Hall–Kier alpha value is -3.94. The first-order chi connectivity index (χ1) is 13.7. The minimum Gasteiger partial charge on any atom is -0.350 e. The number of carbonyl (C=O) groups excluding carboxylic acids is 1. The lowest BCUT2D eigenvalue weighted by Crippen LogP contribution is -2.26. The second-order valence-electron chi connectivity index (χ2n) is 6.53. The van der Waals surface area contributed by atoms with Crippen LogP contribution in [0.3, 0.4) is 0 Å². The van der Waals surface area contributed by atoms with E-state index in [1.54, 1.807) is 6.07 Å². The predicted molar refractivity (Wildman–Crippen MR) is 107 cm³/mol. The summed E-state index contributed by atoms with van der Waals surface area (Å²) in [6, 6.07) is 17.4. The summed E-state index contributed by atoms with van der Waals surface area (Å²) >= 11 is 0. The maximum Gasteiger partial charge on any atom is 0.269 e. The third kappa shape index (κ3) is 3.11. The minimum atomic E-state index is -0.195. The van der Waals surface area contributed by atoms with Gasteiger partial charge in [-0.05, 0) is 36.2 Å². The molecule has 28 heavy (non-hydrogen) atoms. The first-order valence-electron chi connectivity index (χ1n) is 8.98. The smallest absolute Gasteiger partial charge is 0.269 e. The molecule has 0 aliphatic carbocycles. The number of fused-ring (bicyclic) bond motifs is 6. The molecule has 0 saturated carbocycles. The van der Waals surface area contributed by atoms with Crippen molar-refractivity contribution in [1.29, 1.82) is 0 Å². The molecule has 138 valence electrons. The van der Waals surface area contributed by atoms with Gasteiger partial charge < -0.3 is 16.0 Å². The molecule has 4 aromatic rings. The van der Waals surface area contributed by atoms with Crippen molar-refractivity contribution >= 4 is 40.1 Å². The second kappa shape index (κ2) is 6.66. The van der Waals surface area contributed by atoms with Gasteiger partial charge in [-0.3, -0.25) is 9.89 Å². The summed E-state index contributed by atoms with van der Waals surface area (Å²) in [5, 5.41) is 17.2. The highest BCUT2D eigenvalue weighted by atomic mass is 16.1. The van der Waals surface area contributed by atoms with Gasteiger partial charge in [-0.2, -0.15) is 10.1 Å². The molecule has 8 nitrogen and oxygen atoms in total. The van der Waals surface area contributed by atoms with E-state index < -0.39 is 0 Å².